The van der Waals surface area contributed by atoms with Crippen molar-refractivity contribution in [3.05, 3.63) is 41.5 Å². The maximum atomic E-state index is 12.7. The zero-order valence-electron chi connectivity index (χ0n) is 11.9. The second-order valence-corrected chi connectivity index (χ2v) is 6.57. The van der Waals surface area contributed by atoms with Gasteiger partial charge in [0.25, 0.3) is 0 Å². The summed E-state index contributed by atoms with van der Waals surface area (Å²) in [5, 5.41) is 3.70. The van der Waals surface area contributed by atoms with Crippen LogP contribution in [-0.4, -0.2) is 29.9 Å². The van der Waals surface area contributed by atoms with Crippen LogP contribution >= 0.6 is 0 Å². The van der Waals surface area contributed by atoms with Gasteiger partial charge in [-0.15, -0.1) is 0 Å². The third-order valence-electron chi connectivity index (χ3n) is 3.32. The third-order valence-corrected chi connectivity index (χ3v) is 5.49. The lowest BCUT2D eigenvalue weighted by molar-refractivity contribution is 0.384. The molecule has 1 atom stereocenters. The average Bonchev–Trinajstić information content (AvgIpc) is 2.78. The van der Waals surface area contributed by atoms with E-state index in [9.17, 15) is 8.42 Å². The average molecular weight is 295 g/mol. The van der Waals surface area contributed by atoms with E-state index in [-0.39, 0.29) is 10.9 Å². The predicted molar refractivity (Wildman–Crippen MR) is 73.6 cm³/mol. The fourth-order valence-corrected chi connectivity index (χ4v) is 3.67. The molecule has 7 heteroatoms. The molecule has 1 unspecified atom stereocenters. The van der Waals surface area contributed by atoms with Crippen LogP contribution in [0, 0.1) is 13.8 Å². The Morgan fingerprint density at radius 3 is 2.55 bits per heavy atom. The molecule has 2 aromatic rings. The molecule has 0 aromatic carbocycles. The van der Waals surface area contributed by atoms with Crippen LogP contribution in [0.25, 0.3) is 0 Å². The molecule has 2 heterocycles. The van der Waals surface area contributed by atoms with Gasteiger partial charge in [0.05, 0.1) is 0 Å². The van der Waals surface area contributed by atoms with Gasteiger partial charge in [0, 0.05) is 25.5 Å². The molecule has 0 N–H and O–H groups in total. The second kappa shape index (κ2) is 5.34. The molecule has 2 rings (SSSR count). The van der Waals surface area contributed by atoms with E-state index in [1.807, 2.05) is 13.0 Å². The molecular formula is C13H17N3O3S. The number of rotatable bonds is 4. The van der Waals surface area contributed by atoms with Crippen molar-refractivity contribution >= 4 is 10.0 Å². The molecule has 0 fully saturated rings. The molecular weight excluding hydrogens is 278 g/mol. The van der Waals surface area contributed by atoms with Crippen molar-refractivity contribution in [1.29, 1.82) is 0 Å². The molecule has 0 aliphatic rings. The van der Waals surface area contributed by atoms with Gasteiger partial charge in [-0.2, -0.15) is 4.31 Å². The molecule has 0 amide bonds. The summed E-state index contributed by atoms with van der Waals surface area (Å²) in [6.45, 7) is 5.02. The van der Waals surface area contributed by atoms with E-state index in [0.717, 1.165) is 5.56 Å². The van der Waals surface area contributed by atoms with Crippen LogP contribution in [0.15, 0.2) is 33.9 Å². The van der Waals surface area contributed by atoms with Crippen LogP contribution in [-0.2, 0) is 10.0 Å². The number of pyridine rings is 1. The molecule has 0 spiro atoms. The smallest absolute Gasteiger partial charge is 0.248 e. The van der Waals surface area contributed by atoms with Crippen molar-refractivity contribution in [1.82, 2.24) is 14.4 Å². The van der Waals surface area contributed by atoms with Crippen LogP contribution in [0.2, 0.25) is 0 Å². The Morgan fingerprint density at radius 1 is 1.35 bits per heavy atom. The highest BCUT2D eigenvalue weighted by Crippen LogP contribution is 2.28. The highest BCUT2D eigenvalue weighted by molar-refractivity contribution is 7.89. The highest BCUT2D eigenvalue weighted by Gasteiger charge is 2.31. The summed E-state index contributed by atoms with van der Waals surface area (Å²) >= 11 is 0. The van der Waals surface area contributed by atoms with E-state index < -0.39 is 10.0 Å². The molecule has 0 aliphatic heterocycles. The fraction of sp³-hybridized carbons (Fsp3) is 0.385. The SMILES string of the molecule is Cc1noc(C)c1S(=O)(=O)N(C)C(C)c1cccnc1. The van der Waals surface area contributed by atoms with Crippen LogP contribution in [0.5, 0.6) is 0 Å². The number of sulfonamides is 1. The molecule has 0 saturated heterocycles. The lowest BCUT2D eigenvalue weighted by Gasteiger charge is -2.24. The molecule has 2 aromatic heterocycles. The van der Waals surface area contributed by atoms with Gasteiger partial charge in [0.2, 0.25) is 10.0 Å². The second-order valence-electron chi connectivity index (χ2n) is 4.64. The number of aryl methyl sites for hydroxylation is 2. The van der Waals surface area contributed by atoms with Gasteiger partial charge < -0.3 is 4.52 Å². The predicted octanol–water partition coefficient (Wildman–Crippen LogP) is 2.07. The third kappa shape index (κ3) is 2.46. The van der Waals surface area contributed by atoms with Crippen molar-refractivity contribution in [2.45, 2.75) is 31.7 Å². The van der Waals surface area contributed by atoms with Crippen molar-refractivity contribution in [2.75, 3.05) is 7.05 Å². The van der Waals surface area contributed by atoms with E-state index in [4.69, 9.17) is 4.52 Å². The van der Waals surface area contributed by atoms with Gasteiger partial charge in [0.15, 0.2) is 5.76 Å². The Morgan fingerprint density at radius 2 is 2.05 bits per heavy atom. The highest BCUT2D eigenvalue weighted by atomic mass is 32.2. The largest absolute Gasteiger partial charge is 0.360 e. The molecule has 108 valence electrons. The van der Waals surface area contributed by atoms with E-state index >= 15 is 0 Å². The van der Waals surface area contributed by atoms with Crippen LogP contribution in [0.1, 0.15) is 30.0 Å². The first kappa shape index (κ1) is 14.7. The maximum absolute atomic E-state index is 12.7. The Labute approximate surface area is 118 Å². The lowest BCUT2D eigenvalue weighted by Crippen LogP contribution is -2.30. The maximum Gasteiger partial charge on any atom is 0.248 e. The zero-order chi connectivity index (χ0) is 14.9. The molecule has 0 radical (unpaired) electrons. The molecule has 0 aliphatic carbocycles. The first-order chi connectivity index (χ1) is 9.35. The molecule has 0 saturated carbocycles. The first-order valence-electron chi connectivity index (χ1n) is 6.16. The Kier molecular flexibility index (Phi) is 3.92. The topological polar surface area (TPSA) is 76.3 Å². The minimum Gasteiger partial charge on any atom is -0.360 e. The summed E-state index contributed by atoms with van der Waals surface area (Å²) in [7, 11) is -2.11. The van der Waals surface area contributed by atoms with Crippen LogP contribution in [0.3, 0.4) is 0 Å². The first-order valence-corrected chi connectivity index (χ1v) is 7.60. The van der Waals surface area contributed by atoms with Gasteiger partial charge in [-0.05, 0) is 32.4 Å². The molecule has 6 nitrogen and oxygen atoms in total. The Bertz CT molecular complexity index is 675. The summed E-state index contributed by atoms with van der Waals surface area (Å²) in [6.07, 6.45) is 3.31. The van der Waals surface area contributed by atoms with Crippen molar-refractivity contribution in [2.24, 2.45) is 0 Å². The van der Waals surface area contributed by atoms with E-state index in [2.05, 4.69) is 10.1 Å². The van der Waals surface area contributed by atoms with Crippen LogP contribution in [0.4, 0.5) is 0 Å². The number of hydrogen-bond acceptors (Lipinski definition) is 5. The number of aromatic nitrogens is 2. The van der Waals surface area contributed by atoms with E-state index in [1.54, 1.807) is 39.4 Å². The fourth-order valence-electron chi connectivity index (χ4n) is 2.03. The van der Waals surface area contributed by atoms with E-state index in [0.29, 0.717) is 11.5 Å². The zero-order valence-corrected chi connectivity index (χ0v) is 12.7. The number of hydrogen-bond donors (Lipinski definition) is 0. The van der Waals surface area contributed by atoms with Gasteiger partial charge >= 0.3 is 0 Å². The van der Waals surface area contributed by atoms with Crippen molar-refractivity contribution in [3.63, 3.8) is 0 Å². The normalized spacial score (nSPS) is 13.7. The number of nitrogens with zero attached hydrogens (tertiary/aromatic N) is 3. The summed E-state index contributed by atoms with van der Waals surface area (Å²) in [5.74, 6) is 0.299. The van der Waals surface area contributed by atoms with Crippen LogP contribution < -0.4 is 0 Å². The summed E-state index contributed by atoms with van der Waals surface area (Å²) in [6, 6.07) is 3.29. The van der Waals surface area contributed by atoms with Gasteiger partial charge in [-0.25, -0.2) is 8.42 Å². The van der Waals surface area contributed by atoms with Gasteiger partial charge in [-0.3, -0.25) is 4.98 Å². The van der Waals surface area contributed by atoms with Crippen molar-refractivity contribution in [3.8, 4) is 0 Å². The lowest BCUT2D eigenvalue weighted by atomic mass is 10.1. The Balaban J connectivity index is 2.40. The van der Waals surface area contributed by atoms with E-state index in [1.165, 1.54) is 4.31 Å². The van der Waals surface area contributed by atoms with Crippen molar-refractivity contribution < 1.29 is 12.9 Å². The van der Waals surface area contributed by atoms with Gasteiger partial charge in [0.1, 0.15) is 10.6 Å². The quantitative estimate of drug-likeness (QED) is 0.863. The molecule has 20 heavy (non-hydrogen) atoms. The minimum absolute atomic E-state index is 0.135. The summed E-state index contributed by atoms with van der Waals surface area (Å²) < 4.78 is 31.6. The summed E-state index contributed by atoms with van der Waals surface area (Å²) in [5.41, 5.74) is 1.19. The van der Waals surface area contributed by atoms with Gasteiger partial charge in [-0.1, -0.05) is 11.2 Å². The summed E-state index contributed by atoms with van der Waals surface area (Å²) in [4.78, 5) is 4.15. The molecule has 0 bridgehead atoms. The standard InChI is InChI=1S/C13H17N3O3S/c1-9-13(11(3)19-15-9)20(17,18)16(4)10(2)12-6-5-7-14-8-12/h5-8,10H,1-4H3. The monoisotopic (exact) mass is 295 g/mol. The minimum atomic E-state index is -3.66. The Hall–Kier alpha value is -1.73.